The van der Waals surface area contributed by atoms with Crippen molar-refractivity contribution >= 4 is 29.1 Å². The number of ether oxygens (including phenoxy) is 1. The van der Waals surface area contributed by atoms with Crippen molar-refractivity contribution < 1.29 is 14.3 Å². The molecule has 0 aliphatic rings. The number of aryl methyl sites for hydroxylation is 1. The molecule has 0 bridgehead atoms. The van der Waals surface area contributed by atoms with Crippen LogP contribution in [-0.4, -0.2) is 24.0 Å². The molecule has 0 atom stereocenters. The van der Waals surface area contributed by atoms with Gasteiger partial charge in [-0.2, -0.15) is 0 Å². The van der Waals surface area contributed by atoms with Crippen LogP contribution in [0.4, 0.5) is 17.2 Å². The molecule has 1 heterocycles. The normalized spacial score (nSPS) is 10.2. The first kappa shape index (κ1) is 19.1. The zero-order valence-corrected chi connectivity index (χ0v) is 15.7. The first-order valence-corrected chi connectivity index (χ1v) is 8.91. The van der Waals surface area contributed by atoms with E-state index in [1.807, 2.05) is 12.1 Å². The topological polar surface area (TPSA) is 80.3 Å². The molecule has 0 unspecified atom stereocenters. The molecule has 2 aromatic carbocycles. The third kappa shape index (κ3) is 4.73. The van der Waals surface area contributed by atoms with Gasteiger partial charge in [-0.15, -0.1) is 0 Å². The molecule has 0 saturated carbocycles. The smallest absolute Gasteiger partial charge is 0.337 e. The van der Waals surface area contributed by atoms with Crippen molar-refractivity contribution in [2.45, 2.75) is 13.3 Å². The third-order valence-corrected chi connectivity index (χ3v) is 4.20. The summed E-state index contributed by atoms with van der Waals surface area (Å²) in [6, 6.07) is 18.1. The number of anilines is 3. The van der Waals surface area contributed by atoms with E-state index in [0.717, 1.165) is 12.1 Å². The van der Waals surface area contributed by atoms with Crippen LogP contribution in [0.3, 0.4) is 0 Å². The molecule has 28 heavy (non-hydrogen) atoms. The lowest BCUT2D eigenvalue weighted by Crippen LogP contribution is -2.13. The van der Waals surface area contributed by atoms with E-state index in [4.69, 9.17) is 0 Å². The van der Waals surface area contributed by atoms with E-state index in [9.17, 15) is 9.59 Å². The van der Waals surface area contributed by atoms with Crippen molar-refractivity contribution in [1.82, 2.24) is 4.98 Å². The van der Waals surface area contributed by atoms with Crippen LogP contribution < -0.4 is 10.6 Å². The Morgan fingerprint density at radius 1 is 0.964 bits per heavy atom. The Labute approximate surface area is 163 Å². The van der Waals surface area contributed by atoms with Gasteiger partial charge in [0.05, 0.1) is 18.2 Å². The van der Waals surface area contributed by atoms with Crippen LogP contribution in [0.5, 0.6) is 0 Å². The maximum Gasteiger partial charge on any atom is 0.337 e. The molecule has 6 heteroatoms. The number of pyridine rings is 1. The minimum absolute atomic E-state index is 0.312. The predicted molar refractivity (Wildman–Crippen MR) is 109 cm³/mol. The molecule has 1 amide bonds. The van der Waals surface area contributed by atoms with Crippen LogP contribution in [0.15, 0.2) is 66.9 Å². The molecule has 0 radical (unpaired) electrons. The van der Waals surface area contributed by atoms with E-state index >= 15 is 0 Å². The number of carbonyl (C=O) groups is 2. The SMILES string of the molecule is CCc1ccc(Nc2ccc(C(=O)Nc3cccc(C(=O)OC)c3)cn2)cc1. The summed E-state index contributed by atoms with van der Waals surface area (Å²) >= 11 is 0. The molecule has 0 aliphatic heterocycles. The van der Waals surface area contributed by atoms with Crippen molar-refractivity contribution in [1.29, 1.82) is 0 Å². The number of nitrogens with zero attached hydrogens (tertiary/aromatic N) is 1. The van der Waals surface area contributed by atoms with Gasteiger partial charge in [0.15, 0.2) is 0 Å². The standard InChI is InChI=1S/C22H21N3O3/c1-3-15-7-10-18(11-8-15)24-20-12-9-17(14-23-20)21(26)25-19-6-4-5-16(13-19)22(27)28-2/h4-14H,3H2,1-2H3,(H,23,24)(H,25,26). The second-order valence-electron chi connectivity index (χ2n) is 6.13. The lowest BCUT2D eigenvalue weighted by atomic mass is 10.1. The quantitative estimate of drug-likeness (QED) is 0.623. The molecule has 0 aliphatic carbocycles. The summed E-state index contributed by atoms with van der Waals surface area (Å²) < 4.78 is 4.69. The largest absolute Gasteiger partial charge is 0.465 e. The first-order valence-electron chi connectivity index (χ1n) is 8.91. The fourth-order valence-electron chi connectivity index (χ4n) is 2.62. The molecule has 6 nitrogen and oxygen atoms in total. The van der Waals surface area contributed by atoms with E-state index in [1.54, 1.807) is 36.4 Å². The Hall–Kier alpha value is -3.67. The Bertz CT molecular complexity index is 967. The van der Waals surface area contributed by atoms with Crippen LogP contribution in [0.2, 0.25) is 0 Å². The van der Waals surface area contributed by atoms with Crippen molar-refractivity contribution in [3.05, 3.63) is 83.6 Å². The molecule has 3 rings (SSSR count). The van der Waals surface area contributed by atoms with Crippen molar-refractivity contribution in [3.63, 3.8) is 0 Å². The van der Waals surface area contributed by atoms with E-state index < -0.39 is 5.97 Å². The van der Waals surface area contributed by atoms with Gasteiger partial charge in [-0.25, -0.2) is 9.78 Å². The molecular formula is C22H21N3O3. The molecule has 3 aromatic rings. The maximum absolute atomic E-state index is 12.4. The average molecular weight is 375 g/mol. The zero-order valence-electron chi connectivity index (χ0n) is 15.7. The van der Waals surface area contributed by atoms with Crippen molar-refractivity contribution in [2.75, 3.05) is 17.7 Å². The number of hydrogen-bond donors (Lipinski definition) is 2. The number of carbonyl (C=O) groups excluding carboxylic acids is 2. The van der Waals surface area contributed by atoms with Crippen LogP contribution in [0, 0.1) is 0 Å². The maximum atomic E-state index is 12.4. The lowest BCUT2D eigenvalue weighted by molar-refractivity contribution is 0.0600. The number of amides is 1. The number of aromatic nitrogens is 1. The molecular weight excluding hydrogens is 354 g/mol. The highest BCUT2D eigenvalue weighted by molar-refractivity contribution is 6.04. The van der Waals surface area contributed by atoms with Gasteiger partial charge in [-0.3, -0.25) is 4.79 Å². The van der Waals surface area contributed by atoms with E-state index in [-0.39, 0.29) is 5.91 Å². The number of methoxy groups -OCH3 is 1. The Morgan fingerprint density at radius 2 is 1.75 bits per heavy atom. The Balaban J connectivity index is 1.65. The second kappa shape index (κ2) is 8.81. The van der Waals surface area contributed by atoms with Gasteiger partial charge in [0.25, 0.3) is 5.91 Å². The number of benzene rings is 2. The van der Waals surface area contributed by atoms with E-state index in [1.165, 1.54) is 18.9 Å². The summed E-state index contributed by atoms with van der Waals surface area (Å²) in [5, 5.41) is 5.96. The van der Waals surface area contributed by atoms with Crippen LogP contribution >= 0.6 is 0 Å². The van der Waals surface area contributed by atoms with Crippen molar-refractivity contribution in [2.24, 2.45) is 0 Å². The lowest BCUT2D eigenvalue weighted by Gasteiger charge is -2.09. The second-order valence-corrected chi connectivity index (χ2v) is 6.13. The summed E-state index contributed by atoms with van der Waals surface area (Å²) in [5.74, 6) is -0.123. The van der Waals surface area contributed by atoms with Gasteiger partial charge in [0.2, 0.25) is 0 Å². The number of esters is 1. The van der Waals surface area contributed by atoms with E-state index in [0.29, 0.717) is 22.6 Å². The fourth-order valence-corrected chi connectivity index (χ4v) is 2.62. The van der Waals surface area contributed by atoms with Gasteiger partial charge in [-0.05, 0) is 54.4 Å². The monoisotopic (exact) mass is 375 g/mol. The molecule has 0 fully saturated rings. The predicted octanol–water partition coefficient (Wildman–Crippen LogP) is 4.43. The Kier molecular flexibility index (Phi) is 6.01. The molecule has 0 spiro atoms. The molecule has 142 valence electrons. The highest BCUT2D eigenvalue weighted by Crippen LogP contribution is 2.17. The number of nitrogens with one attached hydrogen (secondary N) is 2. The average Bonchev–Trinajstić information content (AvgIpc) is 2.74. The highest BCUT2D eigenvalue weighted by atomic mass is 16.5. The first-order chi connectivity index (χ1) is 13.6. The summed E-state index contributed by atoms with van der Waals surface area (Å²) in [5.41, 5.74) is 3.48. The van der Waals surface area contributed by atoms with Gasteiger partial charge < -0.3 is 15.4 Å². The van der Waals surface area contributed by atoms with Gasteiger partial charge in [-0.1, -0.05) is 25.1 Å². The zero-order chi connectivity index (χ0) is 19.9. The van der Waals surface area contributed by atoms with Crippen LogP contribution in [0.1, 0.15) is 33.2 Å². The summed E-state index contributed by atoms with van der Waals surface area (Å²) in [7, 11) is 1.31. The highest BCUT2D eigenvalue weighted by Gasteiger charge is 2.10. The van der Waals surface area contributed by atoms with Gasteiger partial charge in [0, 0.05) is 17.6 Å². The van der Waals surface area contributed by atoms with Crippen molar-refractivity contribution in [3.8, 4) is 0 Å². The summed E-state index contributed by atoms with van der Waals surface area (Å²) in [6.45, 7) is 2.11. The Morgan fingerprint density at radius 3 is 2.39 bits per heavy atom. The summed E-state index contributed by atoms with van der Waals surface area (Å²) in [6.07, 6.45) is 2.49. The van der Waals surface area contributed by atoms with Crippen LogP contribution in [-0.2, 0) is 11.2 Å². The minimum atomic E-state index is -0.458. The van der Waals surface area contributed by atoms with Crippen LogP contribution in [0.25, 0.3) is 0 Å². The number of rotatable bonds is 6. The molecule has 0 saturated heterocycles. The van der Waals surface area contributed by atoms with E-state index in [2.05, 4.69) is 39.4 Å². The summed E-state index contributed by atoms with van der Waals surface area (Å²) in [4.78, 5) is 28.3. The van der Waals surface area contributed by atoms with Gasteiger partial charge >= 0.3 is 5.97 Å². The molecule has 2 N–H and O–H groups in total. The molecule has 1 aromatic heterocycles. The third-order valence-electron chi connectivity index (χ3n) is 4.20. The van der Waals surface area contributed by atoms with Gasteiger partial charge in [0.1, 0.15) is 5.82 Å². The number of hydrogen-bond acceptors (Lipinski definition) is 5. The fraction of sp³-hybridized carbons (Fsp3) is 0.136. The minimum Gasteiger partial charge on any atom is -0.465 e.